The standard InChI is InChI=1S/C15H10OS/c16-9-11-5-7-12(8-6-11)14-10-17-15-4-2-1-3-13(14)15/h1-10H. The predicted molar refractivity (Wildman–Crippen MR) is 72.6 cm³/mol. The molecule has 0 aliphatic carbocycles. The van der Waals surface area contributed by atoms with Gasteiger partial charge in [-0.1, -0.05) is 42.5 Å². The first-order chi connectivity index (χ1) is 8.38. The van der Waals surface area contributed by atoms with Gasteiger partial charge in [0.25, 0.3) is 0 Å². The molecule has 0 atom stereocenters. The van der Waals surface area contributed by atoms with Crippen molar-refractivity contribution in [1.82, 2.24) is 0 Å². The first kappa shape index (κ1) is 10.2. The minimum Gasteiger partial charge on any atom is -0.298 e. The van der Waals surface area contributed by atoms with Crippen LogP contribution < -0.4 is 0 Å². The van der Waals surface area contributed by atoms with Crippen LogP contribution in [-0.2, 0) is 0 Å². The van der Waals surface area contributed by atoms with E-state index < -0.39 is 0 Å². The molecule has 1 aromatic heterocycles. The molecule has 0 spiro atoms. The summed E-state index contributed by atoms with van der Waals surface area (Å²) in [5.74, 6) is 0. The lowest BCUT2D eigenvalue weighted by molar-refractivity contribution is 0.112. The van der Waals surface area contributed by atoms with E-state index in [-0.39, 0.29) is 0 Å². The van der Waals surface area contributed by atoms with E-state index in [0.29, 0.717) is 5.56 Å². The number of rotatable bonds is 2. The molecule has 3 aromatic rings. The quantitative estimate of drug-likeness (QED) is 0.605. The molecule has 0 N–H and O–H groups in total. The van der Waals surface area contributed by atoms with Gasteiger partial charge in [0, 0.05) is 21.2 Å². The highest BCUT2D eigenvalue weighted by atomic mass is 32.1. The topological polar surface area (TPSA) is 17.1 Å². The highest BCUT2D eigenvalue weighted by Crippen LogP contribution is 2.33. The minimum absolute atomic E-state index is 0.716. The first-order valence-electron chi connectivity index (χ1n) is 5.40. The highest BCUT2D eigenvalue weighted by molar-refractivity contribution is 7.17. The molecule has 0 saturated heterocycles. The number of carbonyl (C=O) groups is 1. The van der Waals surface area contributed by atoms with Crippen LogP contribution in [0.2, 0.25) is 0 Å². The fourth-order valence-corrected chi connectivity index (χ4v) is 2.91. The molecule has 0 fully saturated rings. The number of carbonyl (C=O) groups excluding carboxylic acids is 1. The van der Waals surface area contributed by atoms with Crippen molar-refractivity contribution < 1.29 is 4.79 Å². The molecule has 17 heavy (non-hydrogen) atoms. The molecule has 1 heterocycles. The Kier molecular flexibility index (Phi) is 2.50. The lowest BCUT2D eigenvalue weighted by Crippen LogP contribution is -1.79. The maximum Gasteiger partial charge on any atom is 0.150 e. The molecule has 1 nitrogen and oxygen atoms in total. The van der Waals surface area contributed by atoms with Crippen molar-refractivity contribution in [2.75, 3.05) is 0 Å². The summed E-state index contributed by atoms with van der Waals surface area (Å²) in [6, 6.07) is 16.1. The van der Waals surface area contributed by atoms with Gasteiger partial charge in [-0.15, -0.1) is 11.3 Å². The van der Waals surface area contributed by atoms with Gasteiger partial charge < -0.3 is 0 Å². The number of thiophene rings is 1. The molecule has 2 heteroatoms. The Morgan fingerprint density at radius 2 is 1.71 bits per heavy atom. The summed E-state index contributed by atoms with van der Waals surface area (Å²) in [7, 11) is 0. The summed E-state index contributed by atoms with van der Waals surface area (Å²) >= 11 is 1.75. The Labute approximate surface area is 103 Å². The van der Waals surface area contributed by atoms with Crippen LogP contribution in [0.4, 0.5) is 0 Å². The van der Waals surface area contributed by atoms with Crippen molar-refractivity contribution in [2.45, 2.75) is 0 Å². The van der Waals surface area contributed by atoms with Crippen molar-refractivity contribution in [3.05, 3.63) is 59.5 Å². The molecule has 82 valence electrons. The first-order valence-corrected chi connectivity index (χ1v) is 6.28. The van der Waals surface area contributed by atoms with Gasteiger partial charge in [0.2, 0.25) is 0 Å². The summed E-state index contributed by atoms with van der Waals surface area (Å²) < 4.78 is 1.29. The summed E-state index contributed by atoms with van der Waals surface area (Å²) in [4.78, 5) is 10.6. The molecule has 0 saturated carbocycles. The van der Waals surface area contributed by atoms with E-state index in [1.807, 2.05) is 24.3 Å². The monoisotopic (exact) mass is 238 g/mol. The van der Waals surface area contributed by atoms with Gasteiger partial charge in [-0.3, -0.25) is 4.79 Å². The molecule has 0 bridgehead atoms. The van der Waals surface area contributed by atoms with E-state index in [0.717, 1.165) is 11.8 Å². The Hall–Kier alpha value is -1.93. The average molecular weight is 238 g/mol. The van der Waals surface area contributed by atoms with Crippen LogP contribution >= 0.6 is 11.3 Å². The van der Waals surface area contributed by atoms with Crippen LogP contribution in [0.5, 0.6) is 0 Å². The molecule has 3 rings (SSSR count). The van der Waals surface area contributed by atoms with Gasteiger partial charge >= 0.3 is 0 Å². The van der Waals surface area contributed by atoms with E-state index in [2.05, 4.69) is 29.6 Å². The maximum absolute atomic E-state index is 10.6. The molecule has 0 radical (unpaired) electrons. The van der Waals surface area contributed by atoms with Crippen molar-refractivity contribution in [1.29, 1.82) is 0 Å². The molecular formula is C15H10OS. The van der Waals surface area contributed by atoms with E-state index >= 15 is 0 Å². The zero-order valence-corrected chi connectivity index (χ0v) is 9.91. The van der Waals surface area contributed by atoms with E-state index in [9.17, 15) is 4.79 Å². The fraction of sp³-hybridized carbons (Fsp3) is 0. The Balaban J connectivity index is 2.16. The van der Waals surface area contributed by atoms with Gasteiger partial charge in [0.05, 0.1) is 0 Å². The van der Waals surface area contributed by atoms with E-state index in [4.69, 9.17) is 0 Å². The Bertz CT molecular complexity index is 665. The Morgan fingerprint density at radius 3 is 2.47 bits per heavy atom. The number of fused-ring (bicyclic) bond motifs is 1. The zero-order chi connectivity index (χ0) is 11.7. The van der Waals surface area contributed by atoms with Crippen LogP contribution in [0, 0.1) is 0 Å². The smallest absolute Gasteiger partial charge is 0.150 e. The summed E-state index contributed by atoms with van der Waals surface area (Å²) in [6.07, 6.45) is 0.871. The van der Waals surface area contributed by atoms with Crippen LogP contribution in [0.1, 0.15) is 10.4 Å². The lowest BCUT2D eigenvalue weighted by Gasteiger charge is -2.00. The molecule has 2 aromatic carbocycles. The number of hydrogen-bond donors (Lipinski definition) is 0. The summed E-state index contributed by atoms with van der Waals surface area (Å²) in [6.45, 7) is 0. The van der Waals surface area contributed by atoms with Crippen LogP contribution in [0.3, 0.4) is 0 Å². The SMILES string of the molecule is O=Cc1ccc(-c2csc3ccccc23)cc1. The third-order valence-corrected chi connectivity index (χ3v) is 3.80. The van der Waals surface area contributed by atoms with Crippen LogP contribution in [0.25, 0.3) is 21.2 Å². The van der Waals surface area contributed by atoms with E-state index in [1.165, 1.54) is 15.6 Å². The molecular weight excluding hydrogens is 228 g/mol. The second kappa shape index (κ2) is 4.15. The number of hydrogen-bond acceptors (Lipinski definition) is 2. The number of benzene rings is 2. The summed E-state index contributed by atoms with van der Waals surface area (Å²) in [5.41, 5.74) is 3.12. The average Bonchev–Trinajstić information content (AvgIpc) is 2.83. The highest BCUT2D eigenvalue weighted by Gasteiger charge is 2.05. The van der Waals surface area contributed by atoms with Crippen LogP contribution in [-0.4, -0.2) is 6.29 Å². The fourth-order valence-electron chi connectivity index (χ4n) is 1.94. The second-order valence-electron chi connectivity index (χ2n) is 3.89. The predicted octanol–water partition coefficient (Wildman–Crippen LogP) is 4.38. The molecule has 0 unspecified atom stereocenters. The van der Waals surface area contributed by atoms with Gasteiger partial charge in [-0.2, -0.15) is 0 Å². The zero-order valence-electron chi connectivity index (χ0n) is 9.09. The second-order valence-corrected chi connectivity index (χ2v) is 4.80. The van der Waals surface area contributed by atoms with Crippen LogP contribution in [0.15, 0.2) is 53.9 Å². The van der Waals surface area contributed by atoms with Gasteiger partial charge in [0.15, 0.2) is 0 Å². The summed E-state index contributed by atoms with van der Waals surface area (Å²) in [5, 5.41) is 3.44. The minimum atomic E-state index is 0.716. The molecule has 0 aliphatic rings. The number of aldehydes is 1. The van der Waals surface area contributed by atoms with Crippen molar-refractivity contribution in [2.24, 2.45) is 0 Å². The van der Waals surface area contributed by atoms with E-state index in [1.54, 1.807) is 11.3 Å². The normalized spacial score (nSPS) is 10.6. The molecule has 0 amide bonds. The van der Waals surface area contributed by atoms with Gasteiger partial charge in [-0.25, -0.2) is 0 Å². The van der Waals surface area contributed by atoms with Gasteiger partial charge in [0.1, 0.15) is 6.29 Å². The lowest BCUT2D eigenvalue weighted by atomic mass is 10.0. The largest absolute Gasteiger partial charge is 0.298 e. The van der Waals surface area contributed by atoms with Crippen molar-refractivity contribution in [3.63, 3.8) is 0 Å². The van der Waals surface area contributed by atoms with Crippen molar-refractivity contribution in [3.8, 4) is 11.1 Å². The third-order valence-electron chi connectivity index (χ3n) is 2.84. The van der Waals surface area contributed by atoms with Gasteiger partial charge in [-0.05, 0) is 17.0 Å². The maximum atomic E-state index is 10.6. The van der Waals surface area contributed by atoms with Crippen molar-refractivity contribution >= 4 is 27.7 Å². The third kappa shape index (κ3) is 1.77. The molecule has 0 aliphatic heterocycles. The Morgan fingerprint density at radius 1 is 0.941 bits per heavy atom.